The summed E-state index contributed by atoms with van der Waals surface area (Å²) < 4.78 is 39.8. The first-order valence-corrected chi connectivity index (χ1v) is 21.3. The Morgan fingerprint density at radius 1 is 1.00 bits per heavy atom. The second kappa shape index (κ2) is 20.5. The van der Waals surface area contributed by atoms with Gasteiger partial charge in [0.25, 0.3) is 0 Å². The number of methoxy groups -OCH3 is 1. The number of rotatable bonds is 18. The van der Waals surface area contributed by atoms with E-state index >= 15 is 0 Å². The van der Waals surface area contributed by atoms with Crippen molar-refractivity contribution in [2.24, 2.45) is 22.9 Å². The maximum absolute atomic E-state index is 14.2. The second-order valence-electron chi connectivity index (χ2n) is 16.9. The number of halogens is 1. The Balaban J connectivity index is 1.55. The highest BCUT2D eigenvalue weighted by molar-refractivity contribution is 6.03. The molecule has 0 aromatic heterocycles. The van der Waals surface area contributed by atoms with Crippen molar-refractivity contribution < 1.29 is 48.0 Å². The van der Waals surface area contributed by atoms with Gasteiger partial charge in [-0.05, 0) is 105 Å². The van der Waals surface area contributed by atoms with Gasteiger partial charge >= 0.3 is 12.2 Å². The molecule has 6 rings (SSSR count). The molecule has 12 nitrogen and oxygen atoms in total. The molecule has 1 saturated carbocycles. The van der Waals surface area contributed by atoms with E-state index in [0.29, 0.717) is 35.6 Å². The number of nitrogens with zero attached hydrogens (tertiary/aromatic N) is 2. The molecule has 1 heterocycles. The van der Waals surface area contributed by atoms with Crippen molar-refractivity contribution in [3.8, 4) is 11.5 Å². The smallest absolute Gasteiger partial charge is 0.412 e. The number of benzene rings is 3. The topological polar surface area (TPSA) is 148 Å². The van der Waals surface area contributed by atoms with E-state index in [0.717, 1.165) is 42.4 Å². The fourth-order valence-electron chi connectivity index (χ4n) is 9.02. The van der Waals surface area contributed by atoms with Gasteiger partial charge in [0.2, 0.25) is 5.79 Å². The maximum Gasteiger partial charge on any atom is 0.412 e. The van der Waals surface area contributed by atoms with E-state index in [-0.39, 0.29) is 57.1 Å². The first-order chi connectivity index (χ1) is 29.4. The summed E-state index contributed by atoms with van der Waals surface area (Å²) in [5, 5.41) is 27.5. The van der Waals surface area contributed by atoms with Crippen LogP contribution in [0.4, 0.5) is 14.0 Å². The van der Waals surface area contributed by atoms with E-state index in [1.807, 2.05) is 57.2 Å². The number of aliphatic hydroxyl groups is 2. The van der Waals surface area contributed by atoms with Crippen molar-refractivity contribution in [1.29, 1.82) is 0 Å². The molecule has 3 aliphatic rings. The highest BCUT2D eigenvalue weighted by atomic mass is 19.1. The number of carbonyl (C=O) groups excluding carboxylic acids is 2. The van der Waals surface area contributed by atoms with Crippen molar-refractivity contribution in [1.82, 2.24) is 10.2 Å². The van der Waals surface area contributed by atoms with Gasteiger partial charge in [0.1, 0.15) is 29.0 Å². The summed E-state index contributed by atoms with van der Waals surface area (Å²) >= 11 is 0. The van der Waals surface area contributed by atoms with E-state index in [1.54, 1.807) is 35.2 Å². The van der Waals surface area contributed by atoms with Crippen LogP contribution in [0.3, 0.4) is 0 Å². The minimum Gasteiger partial charge on any atom is -0.459 e. The molecule has 6 unspecified atom stereocenters. The number of ether oxygens (including phenoxy) is 4. The van der Waals surface area contributed by atoms with Crippen LogP contribution in [-0.2, 0) is 27.4 Å². The van der Waals surface area contributed by atoms with Gasteiger partial charge in [0.05, 0.1) is 25.3 Å². The number of hydrogen-bond donors (Lipinski definition) is 3. The molecule has 1 fully saturated rings. The lowest BCUT2D eigenvalue weighted by atomic mass is 9.55. The molecule has 3 aromatic carbocycles. The molecule has 0 bridgehead atoms. The van der Waals surface area contributed by atoms with Gasteiger partial charge in [-0.2, -0.15) is 0 Å². The molecule has 0 saturated heterocycles. The molecule has 13 heteroatoms. The number of amides is 2. The Morgan fingerprint density at radius 2 is 1.72 bits per heavy atom. The number of aliphatic hydroxyl groups excluding tert-OH is 2. The minimum absolute atomic E-state index is 0.00407. The molecule has 2 amide bonds. The second-order valence-corrected chi connectivity index (χ2v) is 16.9. The third-order valence-corrected chi connectivity index (χ3v) is 11.6. The molecule has 6 atom stereocenters. The number of allylic oxidation sites excluding steroid dienone is 1. The van der Waals surface area contributed by atoms with Crippen molar-refractivity contribution in [2.45, 2.75) is 102 Å². The van der Waals surface area contributed by atoms with Crippen molar-refractivity contribution in [3.05, 3.63) is 120 Å². The summed E-state index contributed by atoms with van der Waals surface area (Å²) in [6.45, 7) is 10.2. The van der Waals surface area contributed by atoms with E-state index in [1.165, 1.54) is 19.2 Å². The average Bonchev–Trinajstić information content (AvgIpc) is 3.25. The highest BCUT2D eigenvalue weighted by Crippen LogP contribution is 2.62. The number of fused-ring (bicyclic) bond motifs is 2. The standard InChI is InChI=1S/C48H60FN3O9/c1-6-26-58-48-42(52(46(56)57-5)31-33-18-20-35(49)21-19-33)29-40(51-61-47(2,3)4)38-27-34(16-10-12-24-53)37(17-11-13-25-54)43(44(38)48)39-28-36(22-23-41(39)60-48)59-45(55)50-30-32-14-8-7-9-15-32/h6-9,14-15,18-23,27-28,34,37,42-44,53-54H,1,10-13,16-17,24-26,29-31H2,2-5H3,(H,50,55). The van der Waals surface area contributed by atoms with Gasteiger partial charge in [-0.3, -0.25) is 4.90 Å². The lowest BCUT2D eigenvalue weighted by molar-refractivity contribution is -0.256. The van der Waals surface area contributed by atoms with Crippen LogP contribution in [0.2, 0.25) is 0 Å². The van der Waals surface area contributed by atoms with Gasteiger partial charge in [-0.1, -0.05) is 72.6 Å². The maximum atomic E-state index is 14.2. The number of nitrogens with one attached hydrogen (secondary N) is 1. The molecule has 3 aromatic rings. The van der Waals surface area contributed by atoms with Crippen molar-refractivity contribution >= 4 is 17.9 Å². The Bertz CT molecular complexity index is 2020. The van der Waals surface area contributed by atoms with E-state index in [4.69, 9.17) is 28.9 Å². The summed E-state index contributed by atoms with van der Waals surface area (Å²) in [6.07, 6.45) is 7.00. The van der Waals surface area contributed by atoms with Crippen LogP contribution in [0.25, 0.3) is 0 Å². The molecule has 1 aliphatic heterocycles. The van der Waals surface area contributed by atoms with E-state index in [9.17, 15) is 24.2 Å². The SMILES string of the molecule is C=CCOC12Oc3ccc(OC(=O)NCc4ccccc4)cc3C3C(CCCCO)C(CCCCO)C=C(C(=NOC(C)(C)C)CC1N(Cc1ccc(F)cc1)C(=O)OC)C32. The summed E-state index contributed by atoms with van der Waals surface area (Å²) in [4.78, 5) is 35.1. The van der Waals surface area contributed by atoms with Crippen LogP contribution in [-0.4, -0.2) is 77.4 Å². The fraction of sp³-hybridized carbons (Fsp3) is 0.479. The third-order valence-electron chi connectivity index (χ3n) is 11.6. The van der Waals surface area contributed by atoms with Gasteiger partial charge in [-0.15, -0.1) is 6.58 Å². The number of hydrogen-bond acceptors (Lipinski definition) is 10. The van der Waals surface area contributed by atoms with Crippen molar-refractivity contribution in [3.63, 3.8) is 0 Å². The molecule has 2 aliphatic carbocycles. The molecule has 0 radical (unpaired) electrons. The average molecular weight is 842 g/mol. The summed E-state index contributed by atoms with van der Waals surface area (Å²) in [5.41, 5.74) is 3.19. The van der Waals surface area contributed by atoms with Gasteiger partial charge in [-0.25, -0.2) is 14.0 Å². The number of oxime groups is 1. The normalized spacial score (nSPS) is 23.4. The highest BCUT2D eigenvalue weighted by Gasteiger charge is 2.65. The largest absolute Gasteiger partial charge is 0.459 e. The third kappa shape index (κ3) is 10.8. The Labute approximate surface area is 358 Å². The summed E-state index contributed by atoms with van der Waals surface area (Å²) in [6, 6.07) is 19.9. The van der Waals surface area contributed by atoms with Crippen LogP contribution in [0.1, 0.15) is 88.3 Å². The number of unbranched alkanes of at least 4 members (excludes halogenated alkanes) is 2. The quantitative estimate of drug-likeness (QED) is 0.0649. The van der Waals surface area contributed by atoms with Gasteiger partial charge in [0.15, 0.2) is 0 Å². The minimum atomic E-state index is -1.55. The van der Waals surface area contributed by atoms with Crippen LogP contribution < -0.4 is 14.8 Å². The Hall–Kier alpha value is -5.24. The zero-order valence-electron chi connectivity index (χ0n) is 35.7. The van der Waals surface area contributed by atoms with Crippen LogP contribution in [0.5, 0.6) is 11.5 Å². The molecule has 61 heavy (non-hydrogen) atoms. The van der Waals surface area contributed by atoms with Crippen molar-refractivity contribution in [2.75, 3.05) is 26.9 Å². The van der Waals surface area contributed by atoms with Crippen LogP contribution in [0, 0.1) is 23.6 Å². The molecule has 328 valence electrons. The van der Waals surface area contributed by atoms with Gasteiger partial charge < -0.3 is 39.3 Å². The fourth-order valence-corrected chi connectivity index (χ4v) is 9.02. The number of carbonyl (C=O) groups is 2. The monoisotopic (exact) mass is 841 g/mol. The van der Waals surface area contributed by atoms with Crippen LogP contribution >= 0.6 is 0 Å². The first kappa shape index (κ1) is 45.3. The summed E-state index contributed by atoms with van der Waals surface area (Å²) in [5.74, 6) is -2.15. The van der Waals surface area contributed by atoms with Gasteiger partial charge in [0, 0.05) is 44.2 Å². The molecule has 3 N–H and O–H groups in total. The lowest BCUT2D eigenvalue weighted by Gasteiger charge is -2.59. The zero-order chi connectivity index (χ0) is 43.6. The van der Waals surface area contributed by atoms with E-state index in [2.05, 4.69) is 18.0 Å². The van der Waals surface area contributed by atoms with Crippen LogP contribution in [0.15, 0.2) is 102 Å². The molecule has 0 spiro atoms. The predicted molar refractivity (Wildman–Crippen MR) is 229 cm³/mol. The first-order valence-electron chi connectivity index (χ1n) is 21.3. The molecular formula is C48H60FN3O9. The zero-order valence-corrected chi connectivity index (χ0v) is 35.7. The molecular weight excluding hydrogens is 782 g/mol. The summed E-state index contributed by atoms with van der Waals surface area (Å²) in [7, 11) is 1.31. The lowest BCUT2D eigenvalue weighted by Crippen LogP contribution is -2.70. The predicted octanol–water partition coefficient (Wildman–Crippen LogP) is 8.82. The Morgan fingerprint density at radius 3 is 2.39 bits per heavy atom. The Kier molecular flexibility index (Phi) is 15.3. The van der Waals surface area contributed by atoms with E-state index < -0.39 is 41.4 Å².